The van der Waals surface area contributed by atoms with E-state index in [0.717, 1.165) is 56.3 Å². The van der Waals surface area contributed by atoms with Gasteiger partial charge in [0.25, 0.3) is 0 Å². The molecule has 0 atom stereocenters. The highest BCUT2D eigenvalue weighted by atomic mass is 19.1. The zero-order valence-electron chi connectivity index (χ0n) is 21.8. The van der Waals surface area contributed by atoms with Crippen LogP contribution in [0.5, 0.6) is 5.75 Å². The summed E-state index contributed by atoms with van der Waals surface area (Å²) < 4.78 is 21.2. The molecule has 6 N–H and O–H groups in total. The summed E-state index contributed by atoms with van der Waals surface area (Å²) >= 11 is 0. The number of halogens is 1. The molecule has 2 aromatic carbocycles. The number of benzene rings is 2. The number of piperazine rings is 1. The summed E-state index contributed by atoms with van der Waals surface area (Å²) in [6, 6.07) is 13.1. The van der Waals surface area contributed by atoms with Crippen LogP contribution in [0, 0.1) is 5.82 Å². The second-order valence-corrected chi connectivity index (χ2v) is 9.32. The Morgan fingerprint density at radius 2 is 1.92 bits per heavy atom. The van der Waals surface area contributed by atoms with E-state index in [9.17, 15) is 4.39 Å². The van der Waals surface area contributed by atoms with Gasteiger partial charge in [0.1, 0.15) is 41.2 Å². The number of hydrogen-bond acceptors (Lipinski definition) is 8. The van der Waals surface area contributed by atoms with E-state index >= 15 is 0 Å². The lowest BCUT2D eigenvalue weighted by Gasteiger charge is -2.36. The maximum atomic E-state index is 14.2. The fourth-order valence-corrected chi connectivity index (χ4v) is 4.84. The molecule has 2 aromatic heterocycles. The lowest BCUT2D eigenvalue weighted by Crippen LogP contribution is -2.76. The van der Waals surface area contributed by atoms with Crippen molar-refractivity contribution >= 4 is 28.2 Å². The number of nitrogens with one attached hydrogen (secondary N) is 2. The number of rotatable bonds is 10. The number of hydrazine groups is 1. The van der Waals surface area contributed by atoms with Gasteiger partial charge in [-0.3, -0.25) is 9.30 Å². The van der Waals surface area contributed by atoms with Crippen molar-refractivity contribution in [1.82, 2.24) is 30.1 Å². The van der Waals surface area contributed by atoms with Crippen molar-refractivity contribution in [3.05, 3.63) is 72.1 Å². The summed E-state index contributed by atoms with van der Waals surface area (Å²) in [5.74, 6) is 0.698. The number of fused-ring (bicyclic) bond motifs is 3. The van der Waals surface area contributed by atoms with Gasteiger partial charge in [-0.15, -0.1) is 0 Å². The molecule has 0 saturated carbocycles. The predicted octanol–water partition coefficient (Wildman–Crippen LogP) is 1.45. The standard InChI is InChI=1S/C27H34FN9O/c1-30-34-19(10-11-35-12-14-36(15-13-35)21-6-8-22(38-2)9-7-21)16-31-17-20-18-37-26(32-20)23-4-3-5-24(28)25(23)33-27(37)29/h3-9,16,18,30-31,34H,10-15,17H2,1-2H3,(H2,29,33)/p+1/b19-16-. The van der Waals surface area contributed by atoms with E-state index in [1.54, 1.807) is 17.6 Å². The summed E-state index contributed by atoms with van der Waals surface area (Å²) in [5.41, 5.74) is 16.4. The van der Waals surface area contributed by atoms with E-state index in [2.05, 4.69) is 49.3 Å². The molecule has 200 valence electrons. The van der Waals surface area contributed by atoms with Crippen LogP contribution in [0.25, 0.3) is 16.6 Å². The van der Waals surface area contributed by atoms with E-state index in [1.807, 2.05) is 31.4 Å². The molecule has 1 fully saturated rings. The zero-order chi connectivity index (χ0) is 26.5. The molecule has 5 rings (SSSR count). The van der Waals surface area contributed by atoms with Crippen molar-refractivity contribution in [2.45, 2.75) is 13.0 Å². The summed E-state index contributed by atoms with van der Waals surface area (Å²) in [5, 5.41) is 2.72. The molecule has 11 heteroatoms. The number of methoxy groups -OCH3 is 1. The average Bonchev–Trinajstić information content (AvgIpc) is 3.38. The summed E-state index contributed by atoms with van der Waals surface area (Å²) in [4.78, 5) is 13.8. The first-order valence-electron chi connectivity index (χ1n) is 12.8. The molecule has 0 spiro atoms. The Hall–Kier alpha value is -3.93. The molecule has 4 aromatic rings. The van der Waals surface area contributed by atoms with Crippen LogP contribution in [0.4, 0.5) is 16.0 Å². The fourth-order valence-electron chi connectivity index (χ4n) is 4.84. The van der Waals surface area contributed by atoms with E-state index < -0.39 is 5.82 Å². The van der Waals surface area contributed by atoms with Crippen LogP contribution in [0.1, 0.15) is 12.1 Å². The topological polar surface area (TPSA) is 113 Å². The third-order valence-electron chi connectivity index (χ3n) is 6.90. The van der Waals surface area contributed by atoms with Gasteiger partial charge >= 0.3 is 0 Å². The molecule has 3 heterocycles. The second-order valence-electron chi connectivity index (χ2n) is 9.32. The molecule has 1 aliphatic rings. The van der Waals surface area contributed by atoms with Crippen LogP contribution in [0.3, 0.4) is 0 Å². The molecule has 0 unspecified atom stereocenters. The van der Waals surface area contributed by atoms with E-state index in [0.29, 0.717) is 17.6 Å². The van der Waals surface area contributed by atoms with Gasteiger partial charge in [0.2, 0.25) is 5.95 Å². The third-order valence-corrected chi connectivity index (χ3v) is 6.90. The summed E-state index contributed by atoms with van der Waals surface area (Å²) in [6.07, 6.45) is 4.85. The first kappa shape index (κ1) is 25.7. The predicted molar refractivity (Wildman–Crippen MR) is 147 cm³/mol. The van der Waals surface area contributed by atoms with E-state index in [1.165, 1.54) is 11.8 Å². The minimum atomic E-state index is -0.402. The van der Waals surface area contributed by atoms with Crippen molar-refractivity contribution in [1.29, 1.82) is 0 Å². The smallest absolute Gasteiger partial charge is 0.206 e. The SMILES string of the molecule is CNN/C(=C\[NH2+]Cc1cn2c(N)nc3c(F)cccc3c2n1)CCN1CCN(c2ccc(OC)cc2)CC1. The monoisotopic (exact) mass is 520 g/mol. The van der Waals surface area contributed by atoms with Gasteiger partial charge in [-0.1, -0.05) is 6.07 Å². The van der Waals surface area contributed by atoms with Gasteiger partial charge in [0.15, 0.2) is 0 Å². The van der Waals surface area contributed by atoms with Gasteiger partial charge in [-0.25, -0.2) is 19.8 Å². The molecule has 10 nitrogen and oxygen atoms in total. The van der Waals surface area contributed by atoms with Crippen molar-refractivity contribution in [2.24, 2.45) is 0 Å². The maximum absolute atomic E-state index is 14.2. The van der Waals surface area contributed by atoms with Gasteiger partial charge in [-0.05, 0) is 36.4 Å². The molecular formula is C27H35FN9O+. The van der Waals surface area contributed by atoms with Gasteiger partial charge < -0.3 is 26.1 Å². The summed E-state index contributed by atoms with van der Waals surface area (Å²) in [6.45, 7) is 5.64. The number of nitrogens with two attached hydrogens (primary N) is 2. The van der Waals surface area contributed by atoms with Gasteiger partial charge in [0.05, 0.1) is 12.8 Å². The first-order valence-corrected chi connectivity index (χ1v) is 12.8. The fraction of sp³-hybridized carbons (Fsp3) is 0.333. The van der Waals surface area contributed by atoms with Crippen molar-refractivity contribution in [3.63, 3.8) is 0 Å². The van der Waals surface area contributed by atoms with E-state index in [4.69, 9.17) is 15.5 Å². The number of imidazole rings is 1. The Morgan fingerprint density at radius 1 is 1.13 bits per heavy atom. The lowest BCUT2D eigenvalue weighted by atomic mass is 10.2. The largest absolute Gasteiger partial charge is 0.497 e. The molecule has 0 radical (unpaired) electrons. The minimum absolute atomic E-state index is 0.219. The molecule has 0 amide bonds. The third kappa shape index (κ3) is 5.64. The normalized spacial score (nSPS) is 14.9. The number of nitrogens with zero attached hydrogens (tertiary/aromatic N) is 5. The van der Waals surface area contributed by atoms with Gasteiger partial charge in [-0.2, -0.15) is 0 Å². The van der Waals surface area contributed by atoms with Gasteiger partial charge in [0, 0.05) is 63.5 Å². The molecule has 1 aliphatic heterocycles. The molecular weight excluding hydrogens is 485 g/mol. The number of quaternary nitrogens is 1. The first-order chi connectivity index (χ1) is 18.6. The molecule has 1 saturated heterocycles. The van der Waals surface area contributed by atoms with Crippen molar-refractivity contribution in [3.8, 4) is 5.75 Å². The van der Waals surface area contributed by atoms with Crippen LogP contribution in [0.15, 0.2) is 60.6 Å². The second kappa shape index (κ2) is 11.6. The Bertz CT molecular complexity index is 1410. The maximum Gasteiger partial charge on any atom is 0.206 e. The molecule has 38 heavy (non-hydrogen) atoms. The number of anilines is 2. The lowest BCUT2D eigenvalue weighted by molar-refractivity contribution is -0.606. The van der Waals surface area contributed by atoms with E-state index in [-0.39, 0.29) is 11.5 Å². The van der Waals surface area contributed by atoms with Crippen LogP contribution in [0.2, 0.25) is 0 Å². The Labute approximate surface area is 221 Å². The number of aromatic nitrogens is 3. The van der Waals surface area contributed by atoms with Crippen molar-refractivity contribution in [2.75, 3.05) is 57.5 Å². The minimum Gasteiger partial charge on any atom is -0.497 e. The average molecular weight is 521 g/mol. The highest BCUT2D eigenvalue weighted by molar-refractivity contribution is 5.92. The number of ether oxygens (including phenoxy) is 1. The van der Waals surface area contributed by atoms with Crippen LogP contribution >= 0.6 is 0 Å². The number of nitrogen functional groups attached to an aromatic ring is 1. The summed E-state index contributed by atoms with van der Waals surface area (Å²) in [7, 11) is 3.55. The zero-order valence-corrected chi connectivity index (χ0v) is 21.8. The highest BCUT2D eigenvalue weighted by Gasteiger charge is 2.18. The number of para-hydroxylation sites is 1. The molecule has 0 bridgehead atoms. The Balaban J connectivity index is 1.16. The quantitative estimate of drug-likeness (QED) is 0.233. The number of hydrogen-bond donors (Lipinski definition) is 4. The highest BCUT2D eigenvalue weighted by Crippen LogP contribution is 2.23. The molecule has 0 aliphatic carbocycles. The Morgan fingerprint density at radius 3 is 2.66 bits per heavy atom. The van der Waals surface area contributed by atoms with Crippen LogP contribution < -0.4 is 31.5 Å². The van der Waals surface area contributed by atoms with Crippen LogP contribution in [-0.4, -0.2) is 66.1 Å². The van der Waals surface area contributed by atoms with Crippen molar-refractivity contribution < 1.29 is 14.4 Å². The Kier molecular flexibility index (Phi) is 7.87. The van der Waals surface area contributed by atoms with Crippen LogP contribution in [-0.2, 0) is 6.54 Å².